The summed E-state index contributed by atoms with van der Waals surface area (Å²) in [6.07, 6.45) is -0.860. The second kappa shape index (κ2) is 10.1. The number of benzene rings is 1. The van der Waals surface area contributed by atoms with Crippen LogP contribution in [0.15, 0.2) is 29.2 Å². The van der Waals surface area contributed by atoms with Crippen molar-refractivity contribution in [3.05, 3.63) is 24.3 Å². The minimum Gasteiger partial charge on any atom is -0.497 e. The van der Waals surface area contributed by atoms with Crippen LogP contribution in [0, 0.1) is 0 Å². The lowest BCUT2D eigenvalue weighted by atomic mass is 10.2. The Bertz CT molecular complexity index is 831. The molecule has 0 heterocycles. The zero-order valence-corrected chi connectivity index (χ0v) is 17.3. The van der Waals surface area contributed by atoms with Crippen molar-refractivity contribution in [3.63, 3.8) is 0 Å². The molecule has 0 radical (unpaired) electrons. The fourth-order valence-corrected chi connectivity index (χ4v) is 3.49. The van der Waals surface area contributed by atoms with Crippen LogP contribution in [0.25, 0.3) is 0 Å². The highest BCUT2D eigenvalue weighted by Gasteiger charge is 2.28. The average molecular weight is 431 g/mol. The van der Waals surface area contributed by atoms with Crippen LogP contribution in [-0.4, -0.2) is 62.6 Å². The summed E-state index contributed by atoms with van der Waals surface area (Å²) in [5, 5.41) is 13.2. The van der Waals surface area contributed by atoms with Gasteiger partial charge in [-0.1, -0.05) is 0 Å². The average Bonchev–Trinajstić information content (AvgIpc) is 2.63. The van der Waals surface area contributed by atoms with E-state index in [4.69, 9.17) is 14.7 Å². The van der Waals surface area contributed by atoms with Crippen LogP contribution in [0.1, 0.15) is 20.8 Å². The second-order valence-electron chi connectivity index (χ2n) is 6.91. The van der Waals surface area contributed by atoms with Crippen LogP contribution in [0.5, 0.6) is 5.75 Å². The summed E-state index contributed by atoms with van der Waals surface area (Å²) in [6.45, 7) is 4.35. The molecule has 1 rings (SSSR count). The van der Waals surface area contributed by atoms with Crippen molar-refractivity contribution < 1.29 is 37.5 Å². The Kier molecular flexibility index (Phi) is 8.40. The van der Waals surface area contributed by atoms with Crippen LogP contribution in [0.3, 0.4) is 0 Å². The predicted molar refractivity (Wildman–Crippen MR) is 101 cm³/mol. The summed E-state index contributed by atoms with van der Waals surface area (Å²) in [5.74, 6) is -2.36. The molecule has 0 saturated heterocycles. The number of carbonyl (C=O) groups is 3. The highest BCUT2D eigenvalue weighted by molar-refractivity contribution is 7.91. The summed E-state index contributed by atoms with van der Waals surface area (Å²) in [7, 11) is -2.57. The fraction of sp³-hybridized carbons (Fsp3) is 0.471. The molecule has 11 nitrogen and oxygen atoms in total. The molecule has 1 atom stereocenters. The van der Waals surface area contributed by atoms with Crippen molar-refractivity contribution >= 4 is 27.7 Å². The summed E-state index contributed by atoms with van der Waals surface area (Å²) < 4.78 is 35.0. The quantitative estimate of drug-likeness (QED) is 0.330. The number of hydrogen-bond acceptors (Lipinski definition) is 8. The number of rotatable bonds is 8. The van der Waals surface area contributed by atoms with Gasteiger partial charge in [-0.25, -0.2) is 18.7 Å². The lowest BCUT2D eigenvalue weighted by Crippen LogP contribution is -2.52. The Labute approximate surface area is 168 Å². The lowest BCUT2D eigenvalue weighted by Gasteiger charge is -2.20. The Hall–Kier alpha value is -2.86. The Morgan fingerprint density at radius 2 is 1.72 bits per heavy atom. The van der Waals surface area contributed by atoms with Gasteiger partial charge in [0.25, 0.3) is 5.91 Å². The Balaban J connectivity index is 2.80. The maximum absolute atomic E-state index is 12.5. The number of hydrogen-bond donors (Lipinski definition) is 4. The smallest absolute Gasteiger partial charge is 0.408 e. The van der Waals surface area contributed by atoms with Gasteiger partial charge in [-0.3, -0.25) is 14.8 Å². The van der Waals surface area contributed by atoms with Crippen molar-refractivity contribution in [3.8, 4) is 5.75 Å². The molecule has 1 unspecified atom stereocenters. The van der Waals surface area contributed by atoms with Gasteiger partial charge >= 0.3 is 6.09 Å². The molecule has 3 amide bonds. The van der Waals surface area contributed by atoms with E-state index >= 15 is 0 Å². The van der Waals surface area contributed by atoms with Crippen molar-refractivity contribution in [2.24, 2.45) is 0 Å². The lowest BCUT2D eigenvalue weighted by molar-refractivity contribution is -0.133. The molecule has 1 aromatic rings. The van der Waals surface area contributed by atoms with Crippen molar-refractivity contribution in [2.45, 2.75) is 37.3 Å². The highest BCUT2D eigenvalue weighted by atomic mass is 32.2. The number of amides is 3. The molecule has 0 fully saturated rings. The summed E-state index contributed by atoms with van der Waals surface area (Å²) in [5.41, 5.74) is 0.537. The first-order valence-corrected chi connectivity index (χ1v) is 10.1. The van der Waals surface area contributed by atoms with Crippen LogP contribution < -0.4 is 20.9 Å². The Morgan fingerprint density at radius 1 is 1.14 bits per heavy atom. The van der Waals surface area contributed by atoms with E-state index in [-0.39, 0.29) is 4.90 Å². The van der Waals surface area contributed by atoms with Gasteiger partial charge in [0, 0.05) is 0 Å². The molecule has 0 aliphatic carbocycles. The highest BCUT2D eigenvalue weighted by Crippen LogP contribution is 2.17. The Morgan fingerprint density at radius 3 is 2.21 bits per heavy atom. The van der Waals surface area contributed by atoms with Gasteiger partial charge in [0.1, 0.15) is 23.9 Å². The minimum absolute atomic E-state index is 0.102. The maximum atomic E-state index is 12.5. The maximum Gasteiger partial charge on any atom is 0.408 e. The van der Waals surface area contributed by atoms with Gasteiger partial charge in [-0.15, -0.1) is 0 Å². The molecule has 1 aromatic carbocycles. The third kappa shape index (κ3) is 8.35. The van der Waals surface area contributed by atoms with E-state index in [1.807, 2.05) is 0 Å². The van der Waals surface area contributed by atoms with E-state index in [2.05, 4.69) is 10.6 Å². The molecule has 0 aliphatic heterocycles. The van der Waals surface area contributed by atoms with Gasteiger partial charge in [0.15, 0.2) is 9.84 Å². The van der Waals surface area contributed by atoms with Gasteiger partial charge in [-0.2, -0.15) is 0 Å². The molecule has 0 saturated carbocycles. The largest absolute Gasteiger partial charge is 0.497 e. The van der Waals surface area contributed by atoms with Crippen LogP contribution >= 0.6 is 0 Å². The monoisotopic (exact) mass is 431 g/mol. The number of ether oxygens (including phenoxy) is 2. The van der Waals surface area contributed by atoms with Crippen molar-refractivity contribution in [2.75, 3.05) is 19.4 Å². The van der Waals surface area contributed by atoms with Crippen molar-refractivity contribution in [1.82, 2.24) is 16.1 Å². The molecule has 0 aromatic heterocycles. The fourth-order valence-electron chi connectivity index (χ4n) is 2.07. The third-order valence-electron chi connectivity index (χ3n) is 3.36. The third-order valence-corrected chi connectivity index (χ3v) is 5.12. The molecule has 4 N–H and O–H groups in total. The zero-order chi connectivity index (χ0) is 22.2. The predicted octanol–water partition coefficient (Wildman–Crippen LogP) is -0.0162. The molecule has 0 spiro atoms. The first-order chi connectivity index (χ1) is 13.4. The van der Waals surface area contributed by atoms with Gasteiger partial charge in [0.05, 0.1) is 17.8 Å². The normalized spacial score (nSPS) is 12.4. The zero-order valence-electron chi connectivity index (χ0n) is 16.5. The molecular weight excluding hydrogens is 406 g/mol. The van der Waals surface area contributed by atoms with Gasteiger partial charge < -0.3 is 20.1 Å². The van der Waals surface area contributed by atoms with Crippen LogP contribution in [0.2, 0.25) is 0 Å². The minimum atomic E-state index is -3.99. The topological polar surface area (TPSA) is 160 Å². The molecular formula is C17H25N3O8S. The standard InChI is InChI=1S/C17H25N3O8S/c1-17(2,3)28-16(23)18-9-14(21)19-13(15(22)20-24)10-29(25,26)12-7-5-11(27-4)6-8-12/h5-8,13,24H,9-10H2,1-4H3,(H,18,23)(H,19,21)(H,20,22). The van der Waals surface area contributed by atoms with Crippen LogP contribution in [-0.2, 0) is 24.2 Å². The number of nitrogens with one attached hydrogen (secondary N) is 3. The van der Waals surface area contributed by atoms with Gasteiger partial charge in [0.2, 0.25) is 5.91 Å². The second-order valence-corrected chi connectivity index (χ2v) is 8.94. The number of alkyl carbamates (subject to hydrolysis) is 1. The van der Waals surface area contributed by atoms with E-state index in [1.54, 1.807) is 20.8 Å². The molecule has 12 heteroatoms. The van der Waals surface area contributed by atoms with Crippen LogP contribution in [0.4, 0.5) is 4.79 Å². The van der Waals surface area contributed by atoms with Gasteiger partial charge in [-0.05, 0) is 45.0 Å². The first-order valence-electron chi connectivity index (χ1n) is 8.45. The number of hydroxylamine groups is 1. The van der Waals surface area contributed by atoms with E-state index in [0.29, 0.717) is 5.75 Å². The van der Waals surface area contributed by atoms with E-state index in [0.717, 1.165) is 0 Å². The van der Waals surface area contributed by atoms with Crippen molar-refractivity contribution in [1.29, 1.82) is 0 Å². The summed E-state index contributed by atoms with van der Waals surface area (Å²) in [4.78, 5) is 35.3. The summed E-state index contributed by atoms with van der Waals surface area (Å²) >= 11 is 0. The molecule has 0 bridgehead atoms. The number of methoxy groups -OCH3 is 1. The molecule has 162 valence electrons. The number of sulfone groups is 1. The van der Waals surface area contributed by atoms with E-state index in [9.17, 15) is 22.8 Å². The molecule has 29 heavy (non-hydrogen) atoms. The summed E-state index contributed by atoms with van der Waals surface area (Å²) in [6, 6.07) is 3.83. The number of carbonyl (C=O) groups excluding carboxylic acids is 3. The molecule has 0 aliphatic rings. The first kappa shape index (κ1) is 24.2. The van der Waals surface area contributed by atoms with E-state index < -0.39 is 51.7 Å². The SMILES string of the molecule is COc1ccc(S(=O)(=O)CC(NC(=O)CNC(=O)OC(C)(C)C)C(=O)NO)cc1. The van der Waals surface area contributed by atoms with E-state index in [1.165, 1.54) is 36.9 Å².